The van der Waals surface area contributed by atoms with Crippen LogP contribution in [-0.4, -0.2) is 23.5 Å². The van der Waals surface area contributed by atoms with Crippen LogP contribution in [0, 0.1) is 28.6 Å². The number of hydrogen-bond acceptors (Lipinski definition) is 2. The summed E-state index contributed by atoms with van der Waals surface area (Å²) in [6.07, 6.45) is 7.51. The van der Waals surface area contributed by atoms with Crippen LogP contribution in [0.25, 0.3) is 0 Å². The number of nitriles is 1. The highest BCUT2D eigenvalue weighted by Crippen LogP contribution is 2.43. The zero-order valence-corrected chi connectivity index (χ0v) is 13.2. The van der Waals surface area contributed by atoms with Crippen molar-refractivity contribution in [2.45, 2.75) is 78.3 Å². The zero-order valence-electron chi connectivity index (χ0n) is 13.2. The van der Waals surface area contributed by atoms with E-state index in [1.54, 1.807) is 0 Å². The van der Waals surface area contributed by atoms with Crippen molar-refractivity contribution in [2.24, 2.45) is 17.3 Å². The van der Waals surface area contributed by atoms with Crippen LogP contribution in [0.2, 0.25) is 0 Å². The summed E-state index contributed by atoms with van der Waals surface area (Å²) in [5, 5.41) is 9.49. The molecule has 0 aromatic heterocycles. The molecule has 2 nitrogen and oxygen atoms in total. The molecule has 3 unspecified atom stereocenters. The van der Waals surface area contributed by atoms with Crippen LogP contribution < -0.4 is 0 Å². The van der Waals surface area contributed by atoms with Gasteiger partial charge in [0.05, 0.1) is 12.0 Å². The second-order valence-corrected chi connectivity index (χ2v) is 7.65. The van der Waals surface area contributed by atoms with E-state index in [9.17, 15) is 5.26 Å². The van der Waals surface area contributed by atoms with Crippen molar-refractivity contribution in [1.29, 1.82) is 5.26 Å². The Morgan fingerprint density at radius 2 is 1.84 bits per heavy atom. The minimum absolute atomic E-state index is 0.269. The van der Waals surface area contributed by atoms with Gasteiger partial charge in [-0.3, -0.25) is 4.90 Å². The van der Waals surface area contributed by atoms with Crippen molar-refractivity contribution >= 4 is 0 Å². The Kier molecular flexibility index (Phi) is 4.56. The monoisotopic (exact) mass is 262 g/mol. The maximum atomic E-state index is 9.49. The molecule has 2 saturated carbocycles. The van der Waals surface area contributed by atoms with Crippen LogP contribution in [0.15, 0.2) is 0 Å². The molecule has 0 saturated heterocycles. The molecule has 0 spiro atoms. The molecule has 2 fully saturated rings. The normalized spacial score (nSPS) is 32.3. The van der Waals surface area contributed by atoms with E-state index in [1.165, 1.54) is 38.6 Å². The van der Waals surface area contributed by atoms with Gasteiger partial charge in [-0.15, -0.1) is 0 Å². The maximum absolute atomic E-state index is 9.49. The average molecular weight is 262 g/mol. The van der Waals surface area contributed by atoms with Gasteiger partial charge < -0.3 is 0 Å². The lowest BCUT2D eigenvalue weighted by Gasteiger charge is -2.44. The van der Waals surface area contributed by atoms with Crippen molar-refractivity contribution in [1.82, 2.24) is 4.90 Å². The molecule has 0 N–H and O–H groups in total. The quantitative estimate of drug-likeness (QED) is 0.758. The van der Waals surface area contributed by atoms with Crippen LogP contribution in [-0.2, 0) is 0 Å². The third-order valence-corrected chi connectivity index (χ3v) is 5.13. The molecule has 0 amide bonds. The highest BCUT2D eigenvalue weighted by Gasteiger charge is 2.42. The molecule has 108 valence electrons. The van der Waals surface area contributed by atoms with E-state index < -0.39 is 0 Å². The lowest BCUT2D eigenvalue weighted by atomic mass is 9.67. The van der Waals surface area contributed by atoms with Gasteiger partial charge in [0.2, 0.25) is 0 Å². The molecule has 0 heterocycles. The summed E-state index contributed by atoms with van der Waals surface area (Å²) in [5.41, 5.74) is 0.389. The van der Waals surface area contributed by atoms with Gasteiger partial charge in [-0.05, 0) is 56.4 Å². The molecule has 0 radical (unpaired) electrons. The highest BCUT2D eigenvalue weighted by atomic mass is 15.2. The number of rotatable bonds is 4. The van der Waals surface area contributed by atoms with Crippen molar-refractivity contribution in [3.8, 4) is 6.07 Å². The molecule has 0 aliphatic heterocycles. The van der Waals surface area contributed by atoms with Crippen LogP contribution in [0.4, 0.5) is 0 Å². The largest absolute Gasteiger partial charge is 0.296 e. The van der Waals surface area contributed by atoms with E-state index in [2.05, 4.69) is 38.7 Å². The van der Waals surface area contributed by atoms with E-state index in [4.69, 9.17) is 0 Å². The Bertz CT molecular complexity index is 332. The summed E-state index contributed by atoms with van der Waals surface area (Å²) >= 11 is 0. The van der Waals surface area contributed by atoms with E-state index in [-0.39, 0.29) is 5.92 Å². The smallest absolute Gasteiger partial charge is 0.0672 e. The Balaban J connectivity index is 2.10. The first-order chi connectivity index (χ1) is 8.97. The predicted octanol–water partition coefficient (Wildman–Crippen LogP) is 4.22. The van der Waals surface area contributed by atoms with E-state index in [0.29, 0.717) is 11.5 Å². The molecule has 2 aliphatic carbocycles. The van der Waals surface area contributed by atoms with Crippen molar-refractivity contribution in [3.05, 3.63) is 0 Å². The minimum atomic E-state index is 0.269. The summed E-state index contributed by atoms with van der Waals surface area (Å²) in [5.74, 6) is 1.05. The van der Waals surface area contributed by atoms with Crippen molar-refractivity contribution < 1.29 is 0 Å². The lowest BCUT2D eigenvalue weighted by Crippen LogP contribution is -2.47. The van der Waals surface area contributed by atoms with Crippen molar-refractivity contribution in [3.63, 3.8) is 0 Å². The zero-order chi connectivity index (χ0) is 14.0. The maximum Gasteiger partial charge on any atom is 0.0672 e. The molecular formula is C17H30N2. The topological polar surface area (TPSA) is 27.0 Å². The van der Waals surface area contributed by atoms with Crippen LogP contribution in [0.5, 0.6) is 0 Å². The van der Waals surface area contributed by atoms with Crippen LogP contribution in [0.3, 0.4) is 0 Å². The Morgan fingerprint density at radius 1 is 1.16 bits per heavy atom. The molecule has 0 aromatic rings. The number of nitrogens with zero attached hydrogens (tertiary/aromatic N) is 2. The first kappa shape index (κ1) is 14.9. The molecule has 19 heavy (non-hydrogen) atoms. The summed E-state index contributed by atoms with van der Waals surface area (Å²) in [4.78, 5) is 2.69. The molecule has 0 bridgehead atoms. The van der Waals surface area contributed by atoms with Gasteiger partial charge in [-0.1, -0.05) is 27.7 Å². The fourth-order valence-corrected chi connectivity index (χ4v) is 3.73. The molecule has 2 heteroatoms. The van der Waals surface area contributed by atoms with Gasteiger partial charge in [0, 0.05) is 12.1 Å². The molecule has 2 aliphatic rings. The van der Waals surface area contributed by atoms with Crippen LogP contribution >= 0.6 is 0 Å². The first-order valence-electron chi connectivity index (χ1n) is 8.12. The first-order valence-corrected chi connectivity index (χ1v) is 8.12. The summed E-state index contributed by atoms with van der Waals surface area (Å²) < 4.78 is 0. The van der Waals surface area contributed by atoms with E-state index >= 15 is 0 Å². The van der Waals surface area contributed by atoms with Gasteiger partial charge in [0.25, 0.3) is 0 Å². The standard InChI is InChI=1S/C17H30N2/c1-5-10-19(15-8-9-15)16-11-14(17(2,3)4)7-6-13(16)12-18/h13-16H,5-11H2,1-4H3. The Hall–Kier alpha value is -0.550. The molecule has 3 atom stereocenters. The van der Waals surface area contributed by atoms with Crippen LogP contribution in [0.1, 0.15) is 66.2 Å². The Morgan fingerprint density at radius 3 is 2.32 bits per heavy atom. The van der Waals surface area contributed by atoms with Gasteiger partial charge in [-0.2, -0.15) is 5.26 Å². The van der Waals surface area contributed by atoms with Crippen molar-refractivity contribution in [2.75, 3.05) is 6.54 Å². The third kappa shape index (κ3) is 3.51. The SMILES string of the molecule is CCCN(C1CC1)C1CC(C(C)(C)C)CCC1C#N. The average Bonchev–Trinajstić information content (AvgIpc) is 3.18. The minimum Gasteiger partial charge on any atom is -0.296 e. The summed E-state index contributed by atoms with van der Waals surface area (Å²) in [6.45, 7) is 10.5. The molecule has 2 rings (SSSR count). The van der Waals surface area contributed by atoms with Gasteiger partial charge in [0.15, 0.2) is 0 Å². The second kappa shape index (κ2) is 5.83. The lowest BCUT2D eigenvalue weighted by molar-refractivity contribution is 0.0552. The summed E-state index contributed by atoms with van der Waals surface area (Å²) in [7, 11) is 0. The van der Waals surface area contributed by atoms with Gasteiger partial charge >= 0.3 is 0 Å². The third-order valence-electron chi connectivity index (χ3n) is 5.13. The number of hydrogen-bond donors (Lipinski definition) is 0. The highest BCUT2D eigenvalue weighted by molar-refractivity contribution is 5.02. The van der Waals surface area contributed by atoms with Gasteiger partial charge in [-0.25, -0.2) is 0 Å². The fraction of sp³-hybridized carbons (Fsp3) is 0.941. The Labute approximate surface area is 119 Å². The van der Waals surface area contributed by atoms with E-state index in [1.807, 2.05) is 0 Å². The molecular weight excluding hydrogens is 232 g/mol. The van der Waals surface area contributed by atoms with Gasteiger partial charge in [0.1, 0.15) is 0 Å². The molecule has 0 aromatic carbocycles. The predicted molar refractivity (Wildman–Crippen MR) is 79.7 cm³/mol. The summed E-state index contributed by atoms with van der Waals surface area (Å²) in [6, 6.07) is 3.92. The fourth-order valence-electron chi connectivity index (χ4n) is 3.73. The second-order valence-electron chi connectivity index (χ2n) is 7.65. The van der Waals surface area contributed by atoms with E-state index in [0.717, 1.165) is 18.4 Å².